The van der Waals surface area contributed by atoms with Gasteiger partial charge in [-0.15, -0.1) is 0 Å². The molecule has 0 saturated carbocycles. The van der Waals surface area contributed by atoms with Crippen molar-refractivity contribution in [3.8, 4) is 22.9 Å². The number of pyridine rings is 1. The molecule has 0 radical (unpaired) electrons. The predicted octanol–water partition coefficient (Wildman–Crippen LogP) is 3.74. The van der Waals surface area contributed by atoms with E-state index in [1.807, 2.05) is 32.1 Å². The summed E-state index contributed by atoms with van der Waals surface area (Å²) in [5.41, 5.74) is 3.55. The maximum absolute atomic E-state index is 13.2. The Morgan fingerprint density at radius 3 is 2.63 bits per heavy atom. The number of rotatable bonds is 10. The van der Waals surface area contributed by atoms with E-state index in [1.54, 1.807) is 56.8 Å². The molecule has 2 aromatic heterocycles. The summed E-state index contributed by atoms with van der Waals surface area (Å²) in [5, 5.41) is 15.9. The molecule has 41 heavy (non-hydrogen) atoms. The molecule has 11 heteroatoms. The van der Waals surface area contributed by atoms with E-state index in [2.05, 4.69) is 38.1 Å². The molecule has 0 bridgehead atoms. The van der Waals surface area contributed by atoms with Crippen molar-refractivity contribution in [2.24, 2.45) is 7.05 Å². The van der Waals surface area contributed by atoms with Crippen LogP contribution in [0.15, 0.2) is 66.1 Å². The van der Waals surface area contributed by atoms with E-state index in [4.69, 9.17) is 4.74 Å². The van der Waals surface area contributed by atoms with Gasteiger partial charge in [0, 0.05) is 50.4 Å². The van der Waals surface area contributed by atoms with Crippen molar-refractivity contribution in [1.82, 2.24) is 19.4 Å². The lowest BCUT2D eigenvalue weighted by Gasteiger charge is -2.26. The van der Waals surface area contributed by atoms with Crippen LogP contribution in [0.5, 0.6) is 5.75 Å². The lowest BCUT2D eigenvalue weighted by molar-refractivity contribution is -0.111. The number of benzene rings is 2. The van der Waals surface area contributed by atoms with Gasteiger partial charge in [0.15, 0.2) is 0 Å². The third-order valence-corrected chi connectivity index (χ3v) is 6.55. The summed E-state index contributed by atoms with van der Waals surface area (Å²) in [6.45, 7) is 5.08. The summed E-state index contributed by atoms with van der Waals surface area (Å²) in [7, 11) is 9.12. The van der Waals surface area contributed by atoms with Gasteiger partial charge in [-0.2, -0.15) is 10.2 Å². The predicted molar refractivity (Wildman–Crippen MR) is 162 cm³/mol. The highest BCUT2D eigenvalue weighted by atomic mass is 16.5. The molecule has 0 unspecified atom stereocenters. The van der Waals surface area contributed by atoms with Crippen LogP contribution in [0.2, 0.25) is 0 Å². The number of ether oxygens (including phenoxy) is 1. The molecule has 11 nitrogen and oxygen atoms in total. The number of amides is 1. The highest BCUT2D eigenvalue weighted by molar-refractivity contribution is 6.02. The van der Waals surface area contributed by atoms with Gasteiger partial charge < -0.3 is 25.2 Å². The number of nitrogens with zero attached hydrogens (tertiary/aromatic N) is 6. The molecule has 0 atom stereocenters. The Kier molecular flexibility index (Phi) is 8.65. The molecule has 1 amide bonds. The van der Waals surface area contributed by atoms with E-state index >= 15 is 0 Å². The number of hydrogen-bond donors (Lipinski definition) is 2. The lowest BCUT2D eigenvalue weighted by Crippen LogP contribution is -2.29. The quantitative estimate of drug-likeness (QED) is 0.283. The Morgan fingerprint density at radius 1 is 1.17 bits per heavy atom. The maximum atomic E-state index is 13.2. The monoisotopic (exact) mass is 552 g/mol. The molecule has 2 heterocycles. The second-order valence-corrected chi connectivity index (χ2v) is 9.70. The number of hydrogen-bond acceptors (Lipinski definition) is 9. The number of nitrogens with one attached hydrogen (secondary N) is 2. The molecule has 0 aliphatic rings. The number of aromatic nitrogens is 3. The van der Waals surface area contributed by atoms with E-state index in [-0.39, 0.29) is 17.4 Å². The highest BCUT2D eigenvalue weighted by Gasteiger charge is 2.17. The van der Waals surface area contributed by atoms with Crippen molar-refractivity contribution in [1.29, 1.82) is 5.26 Å². The minimum atomic E-state index is -0.351. The van der Waals surface area contributed by atoms with Gasteiger partial charge in [-0.3, -0.25) is 14.2 Å². The fourth-order valence-electron chi connectivity index (χ4n) is 4.30. The molecule has 210 valence electrons. The van der Waals surface area contributed by atoms with Crippen LogP contribution in [0.25, 0.3) is 22.2 Å². The van der Waals surface area contributed by atoms with Gasteiger partial charge in [0.1, 0.15) is 11.4 Å². The second-order valence-electron chi connectivity index (χ2n) is 9.70. The lowest BCUT2D eigenvalue weighted by atomic mass is 10.0. The van der Waals surface area contributed by atoms with Crippen LogP contribution >= 0.6 is 0 Å². The van der Waals surface area contributed by atoms with Crippen molar-refractivity contribution >= 4 is 40.0 Å². The molecule has 4 rings (SSSR count). The topological polar surface area (TPSA) is 128 Å². The van der Waals surface area contributed by atoms with Crippen LogP contribution in [0.3, 0.4) is 0 Å². The Labute approximate surface area is 238 Å². The summed E-state index contributed by atoms with van der Waals surface area (Å²) < 4.78 is 7.12. The molecular weight excluding hydrogens is 520 g/mol. The van der Waals surface area contributed by atoms with Crippen LogP contribution in [0.1, 0.15) is 5.56 Å². The number of methoxy groups -OCH3 is 1. The van der Waals surface area contributed by atoms with Crippen molar-refractivity contribution < 1.29 is 9.53 Å². The summed E-state index contributed by atoms with van der Waals surface area (Å²) in [5.74, 6) is 0.398. The Bertz CT molecular complexity index is 1720. The molecular formula is C30H32N8O3. The standard InChI is InChI=1S/C30H32N8O3/c1-7-27(39)33-23-15-24(26(41-6)16-25(23)37(4)12-11-36(2)3)34-30-32-18-21-14-22(29(40)38(5)28(21)35-30)20-10-8-9-19(13-20)17-31/h7-10,13-16,18H,1,11-12H2,2-6H3,(H,33,39)(H,32,34,35). The zero-order chi connectivity index (χ0) is 29.7. The first-order valence-corrected chi connectivity index (χ1v) is 12.8. The minimum absolute atomic E-state index is 0.236. The highest BCUT2D eigenvalue weighted by Crippen LogP contribution is 2.38. The first kappa shape index (κ1) is 28.8. The van der Waals surface area contributed by atoms with Crippen molar-refractivity contribution in [2.75, 3.05) is 56.9 Å². The van der Waals surface area contributed by atoms with Crippen LogP contribution in [0.4, 0.5) is 23.0 Å². The average Bonchev–Trinajstić information content (AvgIpc) is 2.97. The van der Waals surface area contributed by atoms with Gasteiger partial charge in [0.25, 0.3) is 5.56 Å². The zero-order valence-electron chi connectivity index (χ0n) is 23.7. The number of nitriles is 1. The molecule has 0 fully saturated rings. The van der Waals surface area contributed by atoms with E-state index in [9.17, 15) is 14.9 Å². The summed E-state index contributed by atoms with van der Waals surface area (Å²) in [6, 6.07) is 14.3. The second kappa shape index (κ2) is 12.3. The van der Waals surface area contributed by atoms with Crippen LogP contribution < -0.4 is 25.8 Å². The fraction of sp³-hybridized carbons (Fsp3) is 0.233. The SMILES string of the molecule is C=CC(=O)Nc1cc(Nc2ncc3cc(-c4cccc(C#N)c4)c(=O)n(C)c3n2)c(OC)cc1N(C)CCN(C)C. The van der Waals surface area contributed by atoms with Gasteiger partial charge in [0.05, 0.1) is 35.8 Å². The largest absolute Gasteiger partial charge is 0.494 e. The van der Waals surface area contributed by atoms with Crippen LogP contribution in [0, 0.1) is 11.3 Å². The normalized spacial score (nSPS) is 10.8. The van der Waals surface area contributed by atoms with Gasteiger partial charge in [-0.1, -0.05) is 18.7 Å². The Morgan fingerprint density at radius 2 is 1.95 bits per heavy atom. The van der Waals surface area contributed by atoms with Crippen molar-refractivity contribution in [3.05, 3.63) is 77.2 Å². The van der Waals surface area contributed by atoms with Crippen LogP contribution in [-0.4, -0.2) is 66.7 Å². The first-order valence-electron chi connectivity index (χ1n) is 12.8. The number of likely N-dealkylation sites (N-methyl/N-ethyl adjacent to an activating group) is 2. The van der Waals surface area contributed by atoms with Crippen molar-refractivity contribution in [2.45, 2.75) is 0 Å². The van der Waals surface area contributed by atoms with Gasteiger partial charge in [0.2, 0.25) is 11.9 Å². The summed E-state index contributed by atoms with van der Waals surface area (Å²) in [6.07, 6.45) is 2.83. The van der Waals surface area contributed by atoms with E-state index < -0.39 is 0 Å². The van der Waals surface area contributed by atoms with E-state index in [0.29, 0.717) is 51.4 Å². The minimum Gasteiger partial charge on any atom is -0.494 e. The summed E-state index contributed by atoms with van der Waals surface area (Å²) >= 11 is 0. The zero-order valence-corrected chi connectivity index (χ0v) is 23.7. The van der Waals surface area contributed by atoms with Crippen molar-refractivity contribution in [3.63, 3.8) is 0 Å². The maximum Gasteiger partial charge on any atom is 0.259 e. The number of anilines is 4. The fourth-order valence-corrected chi connectivity index (χ4v) is 4.30. The smallest absolute Gasteiger partial charge is 0.259 e. The third-order valence-electron chi connectivity index (χ3n) is 6.55. The Balaban J connectivity index is 1.74. The van der Waals surface area contributed by atoms with Gasteiger partial charge in [-0.05, 0) is 50.0 Å². The molecule has 0 aliphatic heterocycles. The molecule has 0 spiro atoms. The molecule has 2 N–H and O–H groups in total. The molecule has 2 aromatic carbocycles. The number of carbonyl (C=O) groups is 1. The average molecular weight is 553 g/mol. The van der Waals surface area contributed by atoms with Gasteiger partial charge >= 0.3 is 0 Å². The molecule has 0 aliphatic carbocycles. The van der Waals surface area contributed by atoms with Gasteiger partial charge in [-0.25, -0.2) is 4.98 Å². The first-order chi connectivity index (χ1) is 19.6. The summed E-state index contributed by atoms with van der Waals surface area (Å²) in [4.78, 5) is 38.7. The van der Waals surface area contributed by atoms with E-state index in [0.717, 1.165) is 12.2 Å². The third kappa shape index (κ3) is 6.34. The number of aryl methyl sites for hydroxylation is 1. The Hall–Kier alpha value is -5.21. The molecule has 0 saturated heterocycles. The number of carbonyl (C=O) groups excluding carboxylic acids is 1. The molecule has 4 aromatic rings. The van der Waals surface area contributed by atoms with E-state index in [1.165, 1.54) is 10.6 Å². The number of fused-ring (bicyclic) bond motifs is 1. The van der Waals surface area contributed by atoms with Crippen LogP contribution in [-0.2, 0) is 11.8 Å².